The van der Waals surface area contributed by atoms with Gasteiger partial charge in [-0.3, -0.25) is 0 Å². The first kappa shape index (κ1) is 21.0. The molecule has 0 spiro atoms. The number of halogens is 3. The molecule has 0 aliphatic rings. The molecule has 0 atom stereocenters. The van der Waals surface area contributed by atoms with Crippen LogP contribution in [0.2, 0.25) is 0 Å². The third kappa shape index (κ3) is 5.59. The Labute approximate surface area is 158 Å². The van der Waals surface area contributed by atoms with Crippen LogP contribution in [0, 0.1) is 17.5 Å². The molecular weight excluding hydrogens is 353 g/mol. The lowest BCUT2D eigenvalue weighted by Crippen LogP contribution is -2.12. The van der Waals surface area contributed by atoms with Gasteiger partial charge in [-0.1, -0.05) is 51.7 Å². The first-order valence-corrected chi connectivity index (χ1v) is 9.45. The van der Waals surface area contributed by atoms with Crippen molar-refractivity contribution < 1.29 is 22.7 Å². The minimum absolute atomic E-state index is 0.182. The summed E-state index contributed by atoms with van der Waals surface area (Å²) in [5.74, 6) is -4.62. The Hall–Kier alpha value is -2.30. The van der Waals surface area contributed by atoms with Gasteiger partial charge in [0.25, 0.3) is 0 Å². The summed E-state index contributed by atoms with van der Waals surface area (Å²) in [5, 5.41) is 0. The molecule has 2 aromatic rings. The highest BCUT2D eigenvalue weighted by Crippen LogP contribution is 2.24. The lowest BCUT2D eigenvalue weighted by molar-refractivity contribution is 0.0721. The Kier molecular flexibility index (Phi) is 7.89. The predicted molar refractivity (Wildman–Crippen MR) is 99.6 cm³/mol. The summed E-state index contributed by atoms with van der Waals surface area (Å²) in [5.41, 5.74) is 0.677. The van der Waals surface area contributed by atoms with Crippen LogP contribution in [-0.2, 0) is 12.8 Å². The zero-order chi connectivity index (χ0) is 19.8. The van der Waals surface area contributed by atoms with Gasteiger partial charge in [0.15, 0.2) is 11.6 Å². The highest BCUT2D eigenvalue weighted by atomic mass is 19.2. The van der Waals surface area contributed by atoms with Gasteiger partial charge in [-0.2, -0.15) is 4.39 Å². The van der Waals surface area contributed by atoms with Gasteiger partial charge in [0.2, 0.25) is 5.82 Å². The van der Waals surface area contributed by atoms with Gasteiger partial charge in [0, 0.05) is 0 Å². The van der Waals surface area contributed by atoms with Crippen LogP contribution in [0.1, 0.15) is 67.4 Å². The topological polar surface area (TPSA) is 26.3 Å². The van der Waals surface area contributed by atoms with E-state index in [0.29, 0.717) is 6.42 Å². The maximum atomic E-state index is 14.3. The van der Waals surface area contributed by atoms with Crippen LogP contribution < -0.4 is 4.74 Å². The standard InChI is InChI=1S/C22H25F3O2/c1-3-5-6-7-8-9-15-10-12-17(18(23)14-15)22(26)27-19-13-11-16(4-2)20(24)21(19)25/h10-14H,3-9H2,1-2H3. The van der Waals surface area contributed by atoms with Crippen molar-refractivity contribution in [2.75, 3.05) is 0 Å². The molecule has 0 saturated heterocycles. The molecule has 0 aliphatic carbocycles. The van der Waals surface area contributed by atoms with E-state index < -0.39 is 29.2 Å². The summed E-state index contributed by atoms with van der Waals surface area (Å²) in [4.78, 5) is 12.1. The normalized spacial score (nSPS) is 10.9. The number of carbonyl (C=O) groups excluding carboxylic acids is 1. The molecule has 0 saturated carbocycles. The van der Waals surface area contributed by atoms with E-state index in [1.54, 1.807) is 13.0 Å². The number of unbranched alkanes of at least 4 members (excludes halogenated alkanes) is 4. The highest BCUT2D eigenvalue weighted by Gasteiger charge is 2.19. The first-order chi connectivity index (χ1) is 13.0. The number of aryl methyl sites for hydroxylation is 2. The van der Waals surface area contributed by atoms with Gasteiger partial charge in [-0.05, 0) is 48.6 Å². The van der Waals surface area contributed by atoms with Gasteiger partial charge in [-0.25, -0.2) is 13.6 Å². The predicted octanol–water partition coefficient (Wildman–Crippen LogP) is 6.40. The van der Waals surface area contributed by atoms with Crippen molar-refractivity contribution in [3.8, 4) is 5.75 Å². The van der Waals surface area contributed by atoms with E-state index in [0.717, 1.165) is 37.7 Å². The minimum Gasteiger partial charge on any atom is -0.420 e. The van der Waals surface area contributed by atoms with Crippen LogP contribution in [0.3, 0.4) is 0 Å². The Morgan fingerprint density at radius 1 is 0.926 bits per heavy atom. The molecule has 0 amide bonds. The molecule has 146 valence electrons. The Balaban J connectivity index is 2.03. The maximum Gasteiger partial charge on any atom is 0.346 e. The molecule has 2 aromatic carbocycles. The zero-order valence-corrected chi connectivity index (χ0v) is 15.8. The number of rotatable bonds is 9. The third-order valence-electron chi connectivity index (χ3n) is 4.53. The number of hydrogen-bond donors (Lipinski definition) is 0. The van der Waals surface area contributed by atoms with Crippen molar-refractivity contribution in [1.82, 2.24) is 0 Å². The third-order valence-corrected chi connectivity index (χ3v) is 4.53. The van der Waals surface area contributed by atoms with Crippen molar-refractivity contribution in [1.29, 1.82) is 0 Å². The summed E-state index contributed by atoms with van der Waals surface area (Å²) < 4.78 is 46.9. The average Bonchev–Trinajstić information content (AvgIpc) is 2.65. The summed E-state index contributed by atoms with van der Waals surface area (Å²) in [7, 11) is 0. The summed E-state index contributed by atoms with van der Waals surface area (Å²) in [6.45, 7) is 3.83. The minimum atomic E-state index is -1.24. The van der Waals surface area contributed by atoms with Crippen molar-refractivity contribution in [3.05, 3.63) is 64.5 Å². The Bertz CT molecular complexity index is 787. The highest BCUT2D eigenvalue weighted by molar-refractivity contribution is 5.91. The van der Waals surface area contributed by atoms with Gasteiger partial charge in [0.05, 0.1) is 5.56 Å². The van der Waals surface area contributed by atoms with E-state index >= 15 is 0 Å². The molecule has 27 heavy (non-hydrogen) atoms. The average molecular weight is 378 g/mol. The molecule has 0 unspecified atom stereocenters. The van der Waals surface area contributed by atoms with Gasteiger partial charge >= 0.3 is 5.97 Å². The van der Waals surface area contributed by atoms with E-state index in [9.17, 15) is 18.0 Å². The van der Waals surface area contributed by atoms with Crippen LogP contribution in [0.4, 0.5) is 13.2 Å². The lowest BCUT2D eigenvalue weighted by atomic mass is 10.0. The molecule has 0 heterocycles. The van der Waals surface area contributed by atoms with Crippen molar-refractivity contribution in [2.45, 2.75) is 58.8 Å². The number of ether oxygens (including phenoxy) is 1. The molecule has 0 fully saturated rings. The smallest absolute Gasteiger partial charge is 0.346 e. The molecule has 0 aromatic heterocycles. The van der Waals surface area contributed by atoms with Crippen LogP contribution >= 0.6 is 0 Å². The molecule has 0 N–H and O–H groups in total. The molecule has 0 radical (unpaired) electrons. The van der Waals surface area contributed by atoms with Gasteiger partial charge < -0.3 is 4.74 Å². The molecular formula is C22H25F3O2. The van der Waals surface area contributed by atoms with E-state index in [1.807, 2.05) is 0 Å². The van der Waals surface area contributed by atoms with Crippen molar-refractivity contribution >= 4 is 5.97 Å². The Morgan fingerprint density at radius 2 is 1.67 bits per heavy atom. The fraction of sp³-hybridized carbons (Fsp3) is 0.409. The zero-order valence-electron chi connectivity index (χ0n) is 15.8. The van der Waals surface area contributed by atoms with E-state index in [4.69, 9.17) is 4.74 Å². The van der Waals surface area contributed by atoms with E-state index in [-0.39, 0.29) is 11.1 Å². The monoisotopic (exact) mass is 378 g/mol. The summed E-state index contributed by atoms with van der Waals surface area (Å²) in [6.07, 6.45) is 6.59. The number of carbonyl (C=O) groups is 1. The maximum absolute atomic E-state index is 14.3. The second-order valence-electron chi connectivity index (χ2n) is 6.57. The van der Waals surface area contributed by atoms with E-state index in [2.05, 4.69) is 6.92 Å². The number of hydrogen-bond acceptors (Lipinski definition) is 2. The summed E-state index contributed by atoms with van der Waals surface area (Å²) >= 11 is 0. The lowest BCUT2D eigenvalue weighted by Gasteiger charge is -2.09. The fourth-order valence-electron chi connectivity index (χ4n) is 2.89. The molecule has 2 rings (SSSR count). The van der Waals surface area contributed by atoms with Gasteiger partial charge in [-0.15, -0.1) is 0 Å². The Morgan fingerprint density at radius 3 is 2.33 bits per heavy atom. The van der Waals surface area contributed by atoms with Crippen LogP contribution in [0.25, 0.3) is 0 Å². The van der Waals surface area contributed by atoms with Crippen LogP contribution in [-0.4, -0.2) is 5.97 Å². The molecule has 0 bridgehead atoms. The fourth-order valence-corrected chi connectivity index (χ4v) is 2.89. The van der Waals surface area contributed by atoms with Crippen molar-refractivity contribution in [2.24, 2.45) is 0 Å². The second-order valence-corrected chi connectivity index (χ2v) is 6.57. The first-order valence-electron chi connectivity index (χ1n) is 9.45. The second kappa shape index (κ2) is 10.1. The SMILES string of the molecule is CCCCCCCc1ccc(C(=O)Oc2ccc(CC)c(F)c2F)c(F)c1. The summed E-state index contributed by atoms with van der Waals surface area (Å²) in [6, 6.07) is 6.81. The quantitative estimate of drug-likeness (QED) is 0.287. The largest absolute Gasteiger partial charge is 0.420 e. The van der Waals surface area contributed by atoms with E-state index in [1.165, 1.54) is 30.7 Å². The molecule has 0 aliphatic heterocycles. The van der Waals surface area contributed by atoms with Crippen LogP contribution in [0.5, 0.6) is 5.75 Å². The van der Waals surface area contributed by atoms with Gasteiger partial charge in [0.1, 0.15) is 5.82 Å². The number of benzene rings is 2. The van der Waals surface area contributed by atoms with Crippen LogP contribution in [0.15, 0.2) is 30.3 Å². The molecule has 2 nitrogen and oxygen atoms in total. The van der Waals surface area contributed by atoms with Crippen molar-refractivity contribution in [3.63, 3.8) is 0 Å². The molecule has 5 heteroatoms. The number of esters is 1.